The molecule has 0 atom stereocenters. The van der Waals surface area contributed by atoms with E-state index in [0.29, 0.717) is 12.1 Å². The van der Waals surface area contributed by atoms with Crippen molar-refractivity contribution >= 4 is 22.5 Å². The predicted octanol–water partition coefficient (Wildman–Crippen LogP) is 3.25. The predicted molar refractivity (Wildman–Crippen MR) is 88.8 cm³/mol. The van der Waals surface area contributed by atoms with Gasteiger partial charge in [-0.3, -0.25) is 9.78 Å². The first-order valence-electron chi connectivity index (χ1n) is 7.12. The van der Waals surface area contributed by atoms with Gasteiger partial charge in [-0.25, -0.2) is 0 Å². The van der Waals surface area contributed by atoms with E-state index in [1.165, 1.54) is 0 Å². The van der Waals surface area contributed by atoms with E-state index in [9.17, 15) is 4.79 Å². The summed E-state index contributed by atoms with van der Waals surface area (Å²) < 4.78 is 0. The Labute approximate surface area is 129 Å². The highest BCUT2D eigenvalue weighted by atomic mass is 16.1. The molecule has 0 saturated heterocycles. The molecule has 0 saturated carbocycles. The Balaban J connectivity index is 1.88. The Kier molecular flexibility index (Phi) is 3.74. The van der Waals surface area contributed by atoms with E-state index in [0.717, 1.165) is 27.7 Å². The van der Waals surface area contributed by atoms with Crippen LogP contribution >= 0.6 is 0 Å². The molecule has 1 heterocycles. The molecule has 0 aliphatic heterocycles. The highest BCUT2D eigenvalue weighted by Crippen LogP contribution is 2.20. The van der Waals surface area contributed by atoms with E-state index in [-0.39, 0.29) is 0 Å². The van der Waals surface area contributed by atoms with Gasteiger partial charge >= 0.3 is 0 Å². The van der Waals surface area contributed by atoms with E-state index < -0.39 is 5.91 Å². The molecule has 4 nitrogen and oxygen atoms in total. The zero-order valence-corrected chi connectivity index (χ0v) is 12.3. The number of pyridine rings is 1. The molecule has 0 spiro atoms. The van der Waals surface area contributed by atoms with Gasteiger partial charge in [0.25, 0.3) is 0 Å². The largest absolute Gasteiger partial charge is 0.381 e. The molecule has 0 aliphatic rings. The maximum Gasteiger partial charge on any atom is 0.248 e. The van der Waals surface area contributed by atoms with Crippen LogP contribution in [-0.2, 0) is 6.54 Å². The molecule has 0 unspecified atom stereocenters. The number of nitrogens with one attached hydrogen (secondary N) is 1. The number of carbonyl (C=O) groups is 1. The first kappa shape index (κ1) is 14.1. The minimum atomic E-state index is -0.421. The first-order valence-corrected chi connectivity index (χ1v) is 7.12. The van der Waals surface area contributed by atoms with Crippen molar-refractivity contribution in [1.82, 2.24) is 4.98 Å². The first-order chi connectivity index (χ1) is 10.6. The molecule has 0 radical (unpaired) electrons. The average molecular weight is 291 g/mol. The fourth-order valence-corrected chi connectivity index (χ4v) is 2.47. The summed E-state index contributed by atoms with van der Waals surface area (Å²) in [5.41, 5.74) is 9.92. The Hall–Kier alpha value is -2.88. The lowest BCUT2D eigenvalue weighted by molar-refractivity contribution is 0.100. The number of nitrogens with two attached hydrogens (primary N) is 1. The van der Waals surface area contributed by atoms with Crippen LogP contribution in [0.3, 0.4) is 0 Å². The van der Waals surface area contributed by atoms with Crippen LogP contribution in [0.25, 0.3) is 10.9 Å². The molecular weight excluding hydrogens is 274 g/mol. The number of carbonyl (C=O) groups excluding carboxylic acids is 1. The van der Waals surface area contributed by atoms with Gasteiger partial charge in [0.2, 0.25) is 5.91 Å². The lowest BCUT2D eigenvalue weighted by Gasteiger charge is -2.12. The second-order valence-electron chi connectivity index (χ2n) is 5.24. The number of anilines is 1. The number of hydrogen-bond donors (Lipinski definition) is 2. The lowest BCUT2D eigenvalue weighted by atomic mass is 10.1. The minimum Gasteiger partial charge on any atom is -0.381 e. The van der Waals surface area contributed by atoms with Crippen LogP contribution in [0, 0.1) is 6.92 Å². The summed E-state index contributed by atoms with van der Waals surface area (Å²) >= 11 is 0. The molecule has 1 aromatic heterocycles. The summed E-state index contributed by atoms with van der Waals surface area (Å²) in [6, 6.07) is 15.5. The number of aromatic nitrogens is 1. The molecule has 110 valence electrons. The Morgan fingerprint density at radius 2 is 2.00 bits per heavy atom. The van der Waals surface area contributed by atoms with Crippen LogP contribution in [0.4, 0.5) is 5.69 Å². The van der Waals surface area contributed by atoms with Crippen molar-refractivity contribution in [2.24, 2.45) is 5.73 Å². The number of fused-ring (bicyclic) bond motifs is 1. The molecule has 0 bridgehead atoms. The number of nitrogens with zero attached hydrogens (tertiary/aromatic N) is 1. The quantitative estimate of drug-likeness (QED) is 0.775. The lowest BCUT2D eigenvalue weighted by Crippen LogP contribution is -2.12. The number of aryl methyl sites for hydroxylation is 1. The Bertz CT molecular complexity index is 837. The third kappa shape index (κ3) is 2.76. The van der Waals surface area contributed by atoms with Gasteiger partial charge in [0.15, 0.2) is 0 Å². The van der Waals surface area contributed by atoms with Crippen molar-refractivity contribution in [3.63, 3.8) is 0 Å². The van der Waals surface area contributed by atoms with Gasteiger partial charge in [0.1, 0.15) is 0 Å². The zero-order valence-electron chi connectivity index (χ0n) is 12.3. The van der Waals surface area contributed by atoms with E-state index in [4.69, 9.17) is 5.73 Å². The van der Waals surface area contributed by atoms with Gasteiger partial charge < -0.3 is 11.1 Å². The van der Waals surface area contributed by atoms with Crippen molar-refractivity contribution in [1.29, 1.82) is 0 Å². The summed E-state index contributed by atoms with van der Waals surface area (Å²) in [5.74, 6) is -0.421. The maximum absolute atomic E-state index is 11.3. The number of primary amides is 1. The molecule has 0 fully saturated rings. The van der Waals surface area contributed by atoms with Crippen molar-refractivity contribution in [3.05, 3.63) is 71.4 Å². The van der Waals surface area contributed by atoms with Crippen molar-refractivity contribution < 1.29 is 4.79 Å². The Morgan fingerprint density at radius 3 is 2.82 bits per heavy atom. The molecule has 0 aliphatic carbocycles. The molecule has 22 heavy (non-hydrogen) atoms. The van der Waals surface area contributed by atoms with Crippen LogP contribution in [0.5, 0.6) is 0 Å². The molecule has 4 heteroatoms. The summed E-state index contributed by atoms with van der Waals surface area (Å²) in [4.78, 5) is 15.7. The van der Waals surface area contributed by atoms with Gasteiger partial charge in [-0.1, -0.05) is 30.3 Å². The van der Waals surface area contributed by atoms with Crippen molar-refractivity contribution in [2.75, 3.05) is 5.32 Å². The number of para-hydroxylation sites is 1. The molecule has 3 rings (SSSR count). The molecule has 2 aromatic carbocycles. The zero-order chi connectivity index (χ0) is 15.5. The number of rotatable bonds is 4. The molecule has 1 amide bonds. The standard InChI is InChI=1S/C18H17N3O/c1-12-7-8-14(18(19)22)10-16(12)21-11-15-5-2-4-13-6-3-9-20-17(13)15/h2-10,21H,11H2,1H3,(H2,19,22). The fraction of sp³-hybridized carbons (Fsp3) is 0.111. The van der Waals surface area contributed by atoms with Crippen LogP contribution in [0.1, 0.15) is 21.5 Å². The highest BCUT2D eigenvalue weighted by Gasteiger charge is 2.06. The van der Waals surface area contributed by atoms with Gasteiger partial charge in [-0.2, -0.15) is 0 Å². The number of amides is 1. The number of benzene rings is 2. The molecular formula is C18H17N3O. The number of hydrogen-bond acceptors (Lipinski definition) is 3. The molecule has 3 N–H and O–H groups in total. The fourth-order valence-electron chi connectivity index (χ4n) is 2.47. The summed E-state index contributed by atoms with van der Waals surface area (Å²) in [7, 11) is 0. The Morgan fingerprint density at radius 1 is 1.18 bits per heavy atom. The topological polar surface area (TPSA) is 68.0 Å². The third-order valence-corrected chi connectivity index (χ3v) is 3.71. The second-order valence-corrected chi connectivity index (χ2v) is 5.24. The smallest absolute Gasteiger partial charge is 0.248 e. The summed E-state index contributed by atoms with van der Waals surface area (Å²) in [6.45, 7) is 2.63. The van der Waals surface area contributed by atoms with Gasteiger partial charge in [0.05, 0.1) is 5.52 Å². The van der Waals surface area contributed by atoms with E-state index in [1.54, 1.807) is 18.3 Å². The second kappa shape index (κ2) is 5.85. The summed E-state index contributed by atoms with van der Waals surface area (Å²) in [6.07, 6.45) is 1.80. The van der Waals surface area contributed by atoms with Crippen molar-refractivity contribution in [2.45, 2.75) is 13.5 Å². The van der Waals surface area contributed by atoms with Gasteiger partial charge in [-0.05, 0) is 36.2 Å². The van der Waals surface area contributed by atoms with E-state index in [2.05, 4.69) is 16.4 Å². The molecule has 3 aromatic rings. The average Bonchev–Trinajstić information content (AvgIpc) is 2.54. The van der Waals surface area contributed by atoms with Crippen LogP contribution < -0.4 is 11.1 Å². The van der Waals surface area contributed by atoms with Crippen LogP contribution in [0.2, 0.25) is 0 Å². The minimum absolute atomic E-state index is 0.421. The van der Waals surface area contributed by atoms with E-state index in [1.807, 2.05) is 37.3 Å². The van der Waals surface area contributed by atoms with Crippen LogP contribution in [0.15, 0.2) is 54.7 Å². The maximum atomic E-state index is 11.3. The van der Waals surface area contributed by atoms with Crippen LogP contribution in [-0.4, -0.2) is 10.9 Å². The van der Waals surface area contributed by atoms with Crippen molar-refractivity contribution in [3.8, 4) is 0 Å². The van der Waals surface area contributed by atoms with Gasteiger partial charge in [-0.15, -0.1) is 0 Å². The normalized spacial score (nSPS) is 10.6. The third-order valence-electron chi connectivity index (χ3n) is 3.71. The van der Waals surface area contributed by atoms with E-state index >= 15 is 0 Å². The SMILES string of the molecule is Cc1ccc(C(N)=O)cc1NCc1cccc2cccnc12. The monoisotopic (exact) mass is 291 g/mol. The van der Waals surface area contributed by atoms with Gasteiger partial charge in [0, 0.05) is 29.4 Å². The summed E-state index contributed by atoms with van der Waals surface area (Å²) in [5, 5.41) is 4.48. The highest BCUT2D eigenvalue weighted by molar-refractivity contribution is 5.94.